The lowest BCUT2D eigenvalue weighted by Gasteiger charge is -2.19. The molecule has 270 valence electrons. The maximum atomic E-state index is 12.3. The summed E-state index contributed by atoms with van der Waals surface area (Å²) in [4.78, 5) is 48.7. The molecule has 0 aliphatic rings. The van der Waals surface area contributed by atoms with Crippen molar-refractivity contribution in [3.8, 4) is 11.5 Å². The Hall–Kier alpha value is -6.60. The van der Waals surface area contributed by atoms with Gasteiger partial charge in [-0.15, -0.1) is 0 Å². The molecule has 0 aliphatic heterocycles. The van der Waals surface area contributed by atoms with Gasteiger partial charge in [-0.05, 0) is 73.5 Å². The van der Waals surface area contributed by atoms with Crippen molar-refractivity contribution in [3.63, 3.8) is 0 Å². The number of para-hydroxylation sites is 4. The number of carbonyl (C=O) groups excluding carboxylic acids is 3. The number of methoxy groups -OCH3 is 2. The third-order valence-corrected chi connectivity index (χ3v) is 8.58. The zero-order valence-corrected chi connectivity index (χ0v) is 29.6. The highest BCUT2D eigenvalue weighted by molar-refractivity contribution is 5.97. The van der Waals surface area contributed by atoms with Gasteiger partial charge in [0.1, 0.15) is 5.76 Å². The van der Waals surface area contributed by atoms with Crippen LogP contribution in [0.4, 0.5) is 0 Å². The smallest absolute Gasteiger partial charge is 0.360 e. The van der Waals surface area contributed by atoms with E-state index in [1.54, 1.807) is 25.4 Å². The first-order chi connectivity index (χ1) is 25.6. The number of carbonyl (C=O) groups is 3. The van der Waals surface area contributed by atoms with Crippen LogP contribution in [0.3, 0.4) is 0 Å². The van der Waals surface area contributed by atoms with Gasteiger partial charge >= 0.3 is 11.9 Å². The van der Waals surface area contributed by atoms with Gasteiger partial charge in [0.25, 0.3) is 5.91 Å². The van der Waals surface area contributed by atoms with Crippen molar-refractivity contribution in [3.05, 3.63) is 138 Å². The SMILES string of the molecule is COC(=O)C(NC(=O)c1ccc(Cn2cnc3ccccc32)cc1)C(C)O.COC(=O)c1nc(-c2ccc(Cn3cnc4ccccc43)cc2)oc1C. The number of oxazole rings is 1. The van der Waals surface area contributed by atoms with Crippen LogP contribution in [0.1, 0.15) is 44.7 Å². The fourth-order valence-electron chi connectivity index (χ4n) is 5.71. The monoisotopic (exact) mass is 714 g/mol. The normalized spacial score (nSPS) is 12.1. The average Bonchev–Trinajstić information content (AvgIpc) is 3.91. The minimum Gasteiger partial charge on any atom is -0.467 e. The number of ether oxygens (including phenoxy) is 2. The summed E-state index contributed by atoms with van der Waals surface area (Å²) in [6.45, 7) is 4.46. The minimum absolute atomic E-state index is 0.205. The first-order valence-corrected chi connectivity index (χ1v) is 16.8. The van der Waals surface area contributed by atoms with Gasteiger partial charge < -0.3 is 33.4 Å². The summed E-state index contributed by atoms with van der Waals surface area (Å²) in [5.41, 5.74) is 7.60. The molecule has 13 heteroatoms. The van der Waals surface area contributed by atoms with Crippen molar-refractivity contribution in [1.29, 1.82) is 0 Å². The molecule has 53 heavy (non-hydrogen) atoms. The number of esters is 2. The Morgan fingerprint density at radius 2 is 1.30 bits per heavy atom. The lowest BCUT2D eigenvalue weighted by molar-refractivity contribution is -0.145. The Labute approximate surface area is 304 Å². The number of nitrogens with one attached hydrogen (secondary N) is 1. The molecule has 0 radical (unpaired) electrons. The molecule has 3 heterocycles. The van der Waals surface area contributed by atoms with Gasteiger partial charge in [0.15, 0.2) is 11.7 Å². The Bertz CT molecular complexity index is 2360. The van der Waals surface area contributed by atoms with Crippen LogP contribution in [-0.2, 0) is 27.4 Å². The van der Waals surface area contributed by atoms with E-state index in [0.29, 0.717) is 23.8 Å². The number of aliphatic hydroxyl groups excluding tert-OH is 1. The van der Waals surface area contributed by atoms with Crippen LogP contribution in [-0.4, -0.2) is 73.4 Å². The predicted octanol–water partition coefficient (Wildman–Crippen LogP) is 5.57. The van der Waals surface area contributed by atoms with Crippen molar-refractivity contribution in [2.24, 2.45) is 0 Å². The number of hydrogen-bond donors (Lipinski definition) is 2. The van der Waals surface area contributed by atoms with Gasteiger partial charge in [0, 0.05) is 24.2 Å². The van der Waals surface area contributed by atoms with Crippen molar-refractivity contribution in [2.45, 2.75) is 39.1 Å². The van der Waals surface area contributed by atoms with Crippen molar-refractivity contribution >= 4 is 39.9 Å². The van der Waals surface area contributed by atoms with E-state index < -0.39 is 30.0 Å². The standard InChI is InChI=1S/C20H21N3O4.C20H17N3O3/c1-13(24)18(20(26)27-2)22-19(25)15-9-7-14(8-10-15)11-23-12-21-16-5-3-4-6-17(16)23;1-13-18(20(24)25-2)22-19(26-13)15-9-7-14(8-10-15)11-23-12-21-16-5-3-4-6-17(16)23/h3-10,12-13,18,24H,11H2,1-2H3,(H,22,25);3-10,12H,11H2,1-2H3. The number of rotatable bonds is 10. The van der Waals surface area contributed by atoms with E-state index in [4.69, 9.17) is 9.15 Å². The van der Waals surface area contributed by atoms with Gasteiger partial charge in [0.05, 0.1) is 55.0 Å². The predicted molar refractivity (Wildman–Crippen MR) is 197 cm³/mol. The molecule has 0 bridgehead atoms. The fourth-order valence-corrected chi connectivity index (χ4v) is 5.71. The second kappa shape index (κ2) is 16.2. The van der Waals surface area contributed by atoms with Crippen LogP contribution in [0.15, 0.2) is 114 Å². The third-order valence-electron chi connectivity index (χ3n) is 8.58. The van der Waals surface area contributed by atoms with Crippen molar-refractivity contribution < 1.29 is 33.4 Å². The van der Waals surface area contributed by atoms with Crippen molar-refractivity contribution in [1.82, 2.24) is 29.4 Å². The summed E-state index contributed by atoms with van der Waals surface area (Å²) in [5, 5.41) is 12.2. The van der Waals surface area contributed by atoms with Gasteiger partial charge in [-0.25, -0.2) is 24.5 Å². The molecule has 2 atom stereocenters. The topological polar surface area (TPSA) is 164 Å². The summed E-state index contributed by atoms with van der Waals surface area (Å²) >= 11 is 0. The molecule has 7 aromatic rings. The molecule has 3 aromatic heterocycles. The summed E-state index contributed by atoms with van der Waals surface area (Å²) in [6, 6.07) is 29.8. The molecular formula is C40H38N6O7. The Balaban J connectivity index is 0.000000181. The number of benzene rings is 4. The third kappa shape index (κ3) is 8.32. The maximum absolute atomic E-state index is 12.3. The van der Waals surface area contributed by atoms with Crippen LogP contribution in [0.2, 0.25) is 0 Å². The van der Waals surface area contributed by atoms with Crippen LogP contribution in [0.25, 0.3) is 33.5 Å². The second-order valence-corrected chi connectivity index (χ2v) is 12.2. The maximum Gasteiger partial charge on any atom is 0.360 e. The van der Waals surface area contributed by atoms with E-state index in [1.165, 1.54) is 21.1 Å². The Morgan fingerprint density at radius 3 is 1.81 bits per heavy atom. The Morgan fingerprint density at radius 1 is 0.774 bits per heavy atom. The molecule has 13 nitrogen and oxygen atoms in total. The second-order valence-electron chi connectivity index (χ2n) is 12.2. The van der Waals surface area contributed by atoms with Crippen LogP contribution < -0.4 is 5.32 Å². The molecule has 0 saturated heterocycles. The first kappa shape index (κ1) is 36.2. The number of aliphatic hydroxyl groups is 1. The summed E-state index contributed by atoms with van der Waals surface area (Å²) in [6.07, 6.45) is 2.57. The highest BCUT2D eigenvalue weighted by Gasteiger charge is 2.27. The zero-order valence-electron chi connectivity index (χ0n) is 29.6. The highest BCUT2D eigenvalue weighted by Crippen LogP contribution is 2.23. The number of aryl methyl sites for hydroxylation is 1. The average molecular weight is 715 g/mol. The van der Waals surface area contributed by atoms with E-state index in [9.17, 15) is 19.5 Å². The van der Waals surface area contributed by atoms with Crippen LogP contribution in [0.5, 0.6) is 0 Å². The van der Waals surface area contributed by atoms with Gasteiger partial charge in [-0.2, -0.15) is 0 Å². The lowest BCUT2D eigenvalue weighted by Crippen LogP contribution is -2.48. The minimum atomic E-state index is -1.11. The highest BCUT2D eigenvalue weighted by atomic mass is 16.5. The van der Waals surface area contributed by atoms with E-state index in [1.807, 2.05) is 89.8 Å². The first-order valence-electron chi connectivity index (χ1n) is 16.8. The van der Waals surface area contributed by atoms with E-state index >= 15 is 0 Å². The molecule has 2 N–H and O–H groups in total. The molecule has 7 rings (SSSR count). The number of fused-ring (bicyclic) bond motifs is 2. The Kier molecular flexibility index (Phi) is 11.0. The van der Waals surface area contributed by atoms with E-state index in [-0.39, 0.29) is 5.69 Å². The quantitative estimate of drug-likeness (QED) is 0.171. The summed E-state index contributed by atoms with van der Waals surface area (Å²) in [5.74, 6) is -0.794. The van der Waals surface area contributed by atoms with Gasteiger partial charge in [-0.1, -0.05) is 48.5 Å². The number of aromatic nitrogens is 5. The molecular weight excluding hydrogens is 676 g/mol. The van der Waals surface area contributed by atoms with Crippen LogP contribution >= 0.6 is 0 Å². The largest absolute Gasteiger partial charge is 0.467 e. The fraction of sp³-hybridized carbons (Fsp3) is 0.200. The molecule has 1 amide bonds. The zero-order chi connectivity index (χ0) is 37.5. The molecule has 0 fully saturated rings. The molecule has 0 spiro atoms. The van der Waals surface area contributed by atoms with Crippen LogP contribution in [0, 0.1) is 6.92 Å². The lowest BCUT2D eigenvalue weighted by atomic mass is 10.1. The molecule has 2 unspecified atom stereocenters. The van der Waals surface area contributed by atoms with Gasteiger partial charge in [-0.3, -0.25) is 4.79 Å². The molecule has 0 aliphatic carbocycles. The van der Waals surface area contributed by atoms with E-state index in [2.05, 4.69) is 35.6 Å². The number of hydrogen-bond acceptors (Lipinski definition) is 10. The van der Waals surface area contributed by atoms with E-state index in [0.717, 1.165) is 45.3 Å². The molecule has 4 aromatic carbocycles. The van der Waals surface area contributed by atoms with Crippen molar-refractivity contribution in [2.75, 3.05) is 14.2 Å². The number of amides is 1. The summed E-state index contributed by atoms with van der Waals surface area (Å²) < 4.78 is 19.0. The summed E-state index contributed by atoms with van der Waals surface area (Å²) in [7, 11) is 2.53. The molecule has 0 saturated carbocycles. The number of imidazole rings is 2. The number of nitrogens with zero attached hydrogens (tertiary/aromatic N) is 5. The van der Waals surface area contributed by atoms with Gasteiger partial charge in [0.2, 0.25) is 5.89 Å².